The van der Waals surface area contributed by atoms with Gasteiger partial charge in [0.1, 0.15) is 5.82 Å². The van der Waals surface area contributed by atoms with Crippen molar-refractivity contribution in [3.05, 3.63) is 59.9 Å². The van der Waals surface area contributed by atoms with Gasteiger partial charge in [0.05, 0.1) is 18.7 Å². The fourth-order valence-electron chi connectivity index (χ4n) is 4.40. The zero-order chi connectivity index (χ0) is 21.4. The van der Waals surface area contributed by atoms with E-state index in [2.05, 4.69) is 10.6 Å². The molecule has 0 spiro atoms. The van der Waals surface area contributed by atoms with Gasteiger partial charge in [-0.1, -0.05) is 18.2 Å². The Balaban J connectivity index is 1.61. The molecule has 1 saturated heterocycles. The van der Waals surface area contributed by atoms with Crippen molar-refractivity contribution in [2.75, 3.05) is 23.4 Å². The molecule has 4 amide bonds. The number of fused-ring (bicyclic) bond motifs is 3. The van der Waals surface area contributed by atoms with E-state index in [0.717, 1.165) is 11.3 Å². The van der Waals surface area contributed by atoms with Crippen molar-refractivity contribution in [1.29, 1.82) is 0 Å². The number of carbonyl (C=O) groups is 2. The number of amides is 4. The van der Waals surface area contributed by atoms with Gasteiger partial charge in [0, 0.05) is 29.9 Å². The van der Waals surface area contributed by atoms with Crippen LogP contribution in [0.25, 0.3) is 0 Å². The third-order valence-electron chi connectivity index (χ3n) is 5.67. The molecule has 158 valence electrons. The Morgan fingerprint density at radius 2 is 1.83 bits per heavy atom. The molecule has 1 fully saturated rings. The van der Waals surface area contributed by atoms with E-state index in [1.54, 1.807) is 9.80 Å². The summed E-state index contributed by atoms with van der Waals surface area (Å²) in [5, 5.41) is 15.7. The van der Waals surface area contributed by atoms with Crippen molar-refractivity contribution < 1.29 is 19.1 Å². The largest absolute Gasteiger partial charge is 0.394 e. The standard InChI is InChI=1S/C22H25FN4O3/c1-13(2)24-21(29)26-11-18-20(16-5-3-4-6-17(16)26)19(12-28)27(18)22(30)25-15-9-7-14(23)8-10-15/h3-10,13,18-20,28H,11-12H2,1-2H3,(H,24,29)(H,25,30)/t18-,19+,20+/m0/s1. The van der Waals surface area contributed by atoms with Crippen molar-refractivity contribution in [2.24, 2.45) is 0 Å². The van der Waals surface area contributed by atoms with Gasteiger partial charge in [-0.25, -0.2) is 14.0 Å². The van der Waals surface area contributed by atoms with E-state index in [9.17, 15) is 19.1 Å². The molecule has 0 radical (unpaired) electrons. The van der Waals surface area contributed by atoms with Gasteiger partial charge in [0.2, 0.25) is 0 Å². The fraction of sp³-hybridized carbons (Fsp3) is 0.364. The van der Waals surface area contributed by atoms with Crippen LogP contribution in [0.4, 0.5) is 25.4 Å². The minimum atomic E-state index is -0.396. The maximum Gasteiger partial charge on any atom is 0.322 e. The van der Waals surface area contributed by atoms with Gasteiger partial charge in [-0.05, 0) is 49.7 Å². The number of rotatable bonds is 3. The Morgan fingerprint density at radius 3 is 2.50 bits per heavy atom. The minimum Gasteiger partial charge on any atom is -0.394 e. The predicted molar refractivity (Wildman–Crippen MR) is 112 cm³/mol. The molecule has 0 aromatic heterocycles. The number of nitrogens with zero attached hydrogens (tertiary/aromatic N) is 2. The number of carbonyl (C=O) groups excluding carboxylic acids is 2. The average Bonchev–Trinajstić information content (AvgIpc) is 2.69. The van der Waals surface area contributed by atoms with Gasteiger partial charge in [-0.2, -0.15) is 0 Å². The smallest absolute Gasteiger partial charge is 0.322 e. The van der Waals surface area contributed by atoms with E-state index in [1.807, 2.05) is 38.1 Å². The number of aliphatic hydroxyl groups excluding tert-OH is 1. The second kappa shape index (κ2) is 7.95. The molecule has 4 rings (SSSR count). The molecule has 2 aromatic rings. The summed E-state index contributed by atoms with van der Waals surface area (Å²) < 4.78 is 13.1. The van der Waals surface area contributed by atoms with Gasteiger partial charge >= 0.3 is 12.1 Å². The van der Waals surface area contributed by atoms with Crippen LogP contribution in [0.1, 0.15) is 25.3 Å². The van der Waals surface area contributed by atoms with Crippen LogP contribution in [0.3, 0.4) is 0 Å². The monoisotopic (exact) mass is 412 g/mol. The third kappa shape index (κ3) is 3.47. The zero-order valence-corrected chi connectivity index (χ0v) is 16.9. The van der Waals surface area contributed by atoms with Crippen LogP contribution in [0.5, 0.6) is 0 Å². The lowest BCUT2D eigenvalue weighted by Gasteiger charge is -2.58. The maximum absolute atomic E-state index is 13.1. The Labute approximate surface area is 174 Å². The number of para-hydroxylation sites is 1. The topological polar surface area (TPSA) is 84.9 Å². The van der Waals surface area contributed by atoms with Crippen LogP contribution in [-0.4, -0.2) is 53.3 Å². The number of urea groups is 2. The van der Waals surface area contributed by atoms with Gasteiger partial charge in [0.25, 0.3) is 0 Å². The minimum absolute atomic E-state index is 0.0214. The highest BCUT2D eigenvalue weighted by molar-refractivity contribution is 5.96. The van der Waals surface area contributed by atoms with Gasteiger partial charge in [0.15, 0.2) is 0 Å². The van der Waals surface area contributed by atoms with Crippen molar-refractivity contribution in [1.82, 2.24) is 10.2 Å². The summed E-state index contributed by atoms with van der Waals surface area (Å²) >= 11 is 0. The van der Waals surface area contributed by atoms with Crippen LogP contribution < -0.4 is 15.5 Å². The van der Waals surface area contributed by atoms with Crippen LogP contribution in [0.15, 0.2) is 48.5 Å². The molecule has 2 aliphatic rings. The Hall–Kier alpha value is -3.13. The lowest BCUT2D eigenvalue weighted by atomic mass is 9.72. The first kappa shape index (κ1) is 20.2. The third-order valence-corrected chi connectivity index (χ3v) is 5.67. The molecule has 7 nitrogen and oxygen atoms in total. The molecular weight excluding hydrogens is 387 g/mol. The first-order valence-electron chi connectivity index (χ1n) is 10.0. The summed E-state index contributed by atoms with van der Waals surface area (Å²) in [6.45, 7) is 3.92. The lowest BCUT2D eigenvalue weighted by molar-refractivity contribution is -0.00197. The number of anilines is 2. The molecular formula is C22H25FN4O3. The highest BCUT2D eigenvalue weighted by atomic mass is 19.1. The summed E-state index contributed by atoms with van der Waals surface area (Å²) in [5.41, 5.74) is 2.21. The summed E-state index contributed by atoms with van der Waals surface area (Å²) in [4.78, 5) is 29.0. The molecule has 0 bridgehead atoms. The lowest BCUT2D eigenvalue weighted by Crippen LogP contribution is -2.71. The Kier molecular flexibility index (Phi) is 5.34. The predicted octanol–water partition coefficient (Wildman–Crippen LogP) is 3.12. The van der Waals surface area contributed by atoms with E-state index in [0.29, 0.717) is 12.2 Å². The van der Waals surface area contributed by atoms with Crippen molar-refractivity contribution in [3.8, 4) is 0 Å². The molecule has 0 saturated carbocycles. The Morgan fingerprint density at radius 1 is 1.13 bits per heavy atom. The maximum atomic E-state index is 13.1. The number of aliphatic hydroxyl groups is 1. The van der Waals surface area contributed by atoms with E-state index in [1.165, 1.54) is 24.3 Å². The molecule has 3 atom stereocenters. The van der Waals surface area contributed by atoms with Crippen LogP contribution in [0, 0.1) is 5.82 Å². The number of hydrogen-bond acceptors (Lipinski definition) is 3. The first-order valence-corrected chi connectivity index (χ1v) is 10.0. The molecule has 3 N–H and O–H groups in total. The molecule has 0 aliphatic carbocycles. The van der Waals surface area contributed by atoms with E-state index < -0.39 is 6.04 Å². The van der Waals surface area contributed by atoms with Crippen molar-refractivity contribution in [3.63, 3.8) is 0 Å². The number of nitrogens with one attached hydrogen (secondary N) is 2. The number of benzene rings is 2. The highest BCUT2D eigenvalue weighted by Crippen LogP contribution is 2.48. The van der Waals surface area contributed by atoms with Crippen LogP contribution >= 0.6 is 0 Å². The normalized spacial score (nSPS) is 22.1. The zero-order valence-electron chi connectivity index (χ0n) is 16.9. The van der Waals surface area contributed by atoms with E-state index in [-0.39, 0.29) is 42.5 Å². The van der Waals surface area contributed by atoms with Gasteiger partial charge in [-0.3, -0.25) is 4.90 Å². The second-order valence-corrected chi connectivity index (χ2v) is 7.96. The summed E-state index contributed by atoms with van der Waals surface area (Å²) in [5.74, 6) is -0.450. The second-order valence-electron chi connectivity index (χ2n) is 7.96. The fourth-order valence-corrected chi connectivity index (χ4v) is 4.40. The molecule has 30 heavy (non-hydrogen) atoms. The van der Waals surface area contributed by atoms with Crippen LogP contribution in [-0.2, 0) is 0 Å². The van der Waals surface area contributed by atoms with Gasteiger partial charge in [-0.15, -0.1) is 0 Å². The molecule has 2 heterocycles. The number of hydrogen-bond donors (Lipinski definition) is 3. The first-order chi connectivity index (χ1) is 14.4. The molecule has 8 heteroatoms. The van der Waals surface area contributed by atoms with Crippen LogP contribution in [0.2, 0.25) is 0 Å². The van der Waals surface area contributed by atoms with E-state index >= 15 is 0 Å². The SMILES string of the molecule is CC(C)NC(=O)N1C[C@H]2[C@@H](c3ccccc31)[C@@H](CO)N2C(=O)Nc1ccc(F)cc1. The molecule has 0 unspecified atom stereocenters. The number of likely N-dealkylation sites (tertiary alicyclic amines) is 1. The van der Waals surface area contributed by atoms with E-state index in [4.69, 9.17) is 0 Å². The molecule has 2 aromatic carbocycles. The van der Waals surface area contributed by atoms with Gasteiger partial charge < -0.3 is 20.6 Å². The summed E-state index contributed by atoms with van der Waals surface area (Å²) in [6, 6.07) is 11.8. The quantitative estimate of drug-likeness (QED) is 0.724. The highest BCUT2D eigenvalue weighted by Gasteiger charge is 2.55. The Bertz CT molecular complexity index is 950. The number of halogens is 1. The molecule has 2 aliphatic heterocycles. The average molecular weight is 412 g/mol. The summed E-state index contributed by atoms with van der Waals surface area (Å²) in [6.07, 6.45) is 0. The van der Waals surface area contributed by atoms with Crippen molar-refractivity contribution >= 4 is 23.4 Å². The van der Waals surface area contributed by atoms with Crippen molar-refractivity contribution in [2.45, 2.75) is 37.9 Å². The summed E-state index contributed by atoms with van der Waals surface area (Å²) in [7, 11) is 0.